The van der Waals surface area contributed by atoms with Crippen molar-refractivity contribution in [3.8, 4) is 0 Å². The van der Waals surface area contributed by atoms with Crippen LogP contribution in [0.4, 0.5) is 23.2 Å². The van der Waals surface area contributed by atoms with Crippen LogP contribution in [0.2, 0.25) is 0 Å². The van der Waals surface area contributed by atoms with Gasteiger partial charge in [-0.1, -0.05) is 11.8 Å². The fraction of sp³-hybridized carbons (Fsp3) is 0.462. The number of alkyl halides is 2. The second-order valence-electron chi connectivity index (χ2n) is 5.45. The Bertz CT molecular complexity index is 733. The summed E-state index contributed by atoms with van der Waals surface area (Å²) in [5.41, 5.74) is 2.73. The molecule has 0 amide bonds. The number of hydrogen-bond donors (Lipinski definition) is 1. The fourth-order valence-corrected chi connectivity index (χ4v) is 4.09. The summed E-state index contributed by atoms with van der Waals surface area (Å²) in [5.74, 6) is -3.79. The highest BCUT2D eigenvalue weighted by Gasteiger charge is 2.57. The number of aliphatic imine (C=N–C) groups is 1. The first-order chi connectivity index (χ1) is 11.3. The van der Waals surface area contributed by atoms with E-state index in [1.165, 1.54) is 0 Å². The van der Waals surface area contributed by atoms with Gasteiger partial charge in [-0.3, -0.25) is 10.1 Å². The van der Waals surface area contributed by atoms with Crippen LogP contribution in [-0.4, -0.2) is 35.0 Å². The van der Waals surface area contributed by atoms with E-state index < -0.39 is 58.4 Å². The van der Waals surface area contributed by atoms with Gasteiger partial charge in [0.05, 0.1) is 17.6 Å². The molecule has 1 saturated heterocycles. The minimum absolute atomic E-state index is 0.00363. The molecule has 0 aliphatic carbocycles. The number of thioether (sulfide) groups is 1. The SMILES string of the molecule is NC1=N[C@@]2(c3cc([N+](=O)[O-])cc(F)c3F)CO[C@H](C(F)F)[C@H]2CS1. The van der Waals surface area contributed by atoms with Gasteiger partial charge >= 0.3 is 0 Å². The molecule has 1 aromatic rings. The Morgan fingerprint density at radius 3 is 2.79 bits per heavy atom. The Morgan fingerprint density at radius 2 is 2.17 bits per heavy atom. The summed E-state index contributed by atoms with van der Waals surface area (Å²) >= 11 is 0.994. The maximum absolute atomic E-state index is 14.4. The molecular weight excluding hydrogens is 354 g/mol. The van der Waals surface area contributed by atoms with Crippen LogP contribution in [-0.2, 0) is 10.3 Å². The largest absolute Gasteiger partial charge is 0.379 e. The zero-order chi connectivity index (χ0) is 17.6. The van der Waals surface area contributed by atoms with Gasteiger partial charge in [0.15, 0.2) is 16.8 Å². The van der Waals surface area contributed by atoms with E-state index in [2.05, 4.69) is 4.99 Å². The number of nitro benzene ring substituents is 1. The van der Waals surface area contributed by atoms with Crippen LogP contribution in [0.15, 0.2) is 17.1 Å². The molecule has 0 saturated carbocycles. The molecule has 24 heavy (non-hydrogen) atoms. The second kappa shape index (κ2) is 5.88. The number of nitro groups is 1. The normalized spacial score (nSPS) is 29.5. The Kier molecular flexibility index (Phi) is 4.16. The molecule has 11 heteroatoms. The number of halogens is 4. The van der Waals surface area contributed by atoms with Crippen LogP contribution >= 0.6 is 11.8 Å². The number of hydrogen-bond acceptors (Lipinski definition) is 6. The summed E-state index contributed by atoms with van der Waals surface area (Å²) in [6, 6.07) is 1.23. The number of benzene rings is 1. The Labute approximate surface area is 137 Å². The third-order valence-electron chi connectivity index (χ3n) is 4.16. The zero-order valence-corrected chi connectivity index (χ0v) is 12.7. The topological polar surface area (TPSA) is 90.8 Å². The highest BCUT2D eigenvalue weighted by Crippen LogP contribution is 2.50. The quantitative estimate of drug-likeness (QED) is 0.505. The van der Waals surface area contributed by atoms with Gasteiger partial charge in [0.2, 0.25) is 0 Å². The molecule has 3 rings (SSSR count). The lowest BCUT2D eigenvalue weighted by atomic mass is 9.78. The summed E-state index contributed by atoms with van der Waals surface area (Å²) in [5, 5.41) is 10.9. The van der Waals surface area contributed by atoms with Gasteiger partial charge in [-0.2, -0.15) is 0 Å². The van der Waals surface area contributed by atoms with Crippen LogP contribution in [0.3, 0.4) is 0 Å². The molecule has 0 unspecified atom stereocenters. The van der Waals surface area contributed by atoms with Crippen LogP contribution in [0.5, 0.6) is 0 Å². The zero-order valence-electron chi connectivity index (χ0n) is 11.9. The predicted octanol–water partition coefficient (Wildman–Crippen LogP) is 2.41. The van der Waals surface area contributed by atoms with Gasteiger partial charge in [0, 0.05) is 23.3 Å². The molecule has 0 bridgehead atoms. The van der Waals surface area contributed by atoms with Crippen molar-refractivity contribution in [1.29, 1.82) is 0 Å². The molecule has 2 aliphatic heterocycles. The van der Waals surface area contributed by atoms with Gasteiger partial charge in [-0.15, -0.1) is 0 Å². The summed E-state index contributed by atoms with van der Waals surface area (Å²) in [7, 11) is 0. The van der Waals surface area contributed by atoms with Crippen molar-refractivity contribution in [2.75, 3.05) is 12.4 Å². The van der Waals surface area contributed by atoms with Crippen molar-refractivity contribution in [2.45, 2.75) is 18.1 Å². The van der Waals surface area contributed by atoms with Gasteiger partial charge in [-0.25, -0.2) is 22.6 Å². The van der Waals surface area contributed by atoms with E-state index in [-0.39, 0.29) is 10.9 Å². The van der Waals surface area contributed by atoms with E-state index in [9.17, 15) is 27.7 Å². The standard InChI is InChI=1S/C13H11F4N3O3S/c14-8-2-5(20(21)22)1-6(9(8)15)13-4-23-10(11(16)17)7(13)3-24-12(18)19-13/h1-2,7,10-11H,3-4H2,(H2,18,19)/t7-,10+,13-/m1/s1. The Morgan fingerprint density at radius 1 is 1.46 bits per heavy atom. The molecule has 1 aromatic carbocycles. The summed E-state index contributed by atoms with van der Waals surface area (Å²) in [6.07, 6.45) is -4.41. The predicted molar refractivity (Wildman–Crippen MR) is 78.0 cm³/mol. The van der Waals surface area contributed by atoms with Crippen molar-refractivity contribution in [3.63, 3.8) is 0 Å². The molecule has 2 N–H and O–H groups in total. The molecule has 2 aliphatic rings. The molecule has 6 nitrogen and oxygen atoms in total. The molecular formula is C13H11F4N3O3S. The van der Waals surface area contributed by atoms with E-state index in [0.717, 1.165) is 17.8 Å². The average Bonchev–Trinajstić information content (AvgIpc) is 2.89. The van der Waals surface area contributed by atoms with E-state index in [1.54, 1.807) is 0 Å². The number of non-ortho nitro benzene ring substituents is 1. The lowest BCUT2D eigenvalue weighted by Gasteiger charge is -2.35. The number of nitrogens with zero attached hydrogens (tertiary/aromatic N) is 2. The Balaban J connectivity index is 2.21. The number of fused-ring (bicyclic) bond motifs is 1. The van der Waals surface area contributed by atoms with Crippen LogP contribution in [0.25, 0.3) is 0 Å². The minimum atomic E-state index is -2.86. The van der Waals surface area contributed by atoms with Crippen molar-refractivity contribution >= 4 is 22.6 Å². The van der Waals surface area contributed by atoms with E-state index in [4.69, 9.17) is 10.5 Å². The van der Waals surface area contributed by atoms with Crippen LogP contribution in [0.1, 0.15) is 5.56 Å². The molecule has 0 aromatic heterocycles. The maximum atomic E-state index is 14.4. The van der Waals surface area contributed by atoms with E-state index in [1.807, 2.05) is 0 Å². The molecule has 0 spiro atoms. The summed E-state index contributed by atoms with van der Waals surface area (Å²) in [6.45, 7) is -0.467. The Hall–Kier alpha value is -1.88. The highest BCUT2D eigenvalue weighted by atomic mass is 32.2. The minimum Gasteiger partial charge on any atom is -0.379 e. The summed E-state index contributed by atoms with van der Waals surface area (Å²) in [4.78, 5) is 14.1. The first-order valence-corrected chi connectivity index (χ1v) is 7.76. The van der Waals surface area contributed by atoms with Gasteiger partial charge in [0.1, 0.15) is 11.6 Å². The van der Waals surface area contributed by atoms with Crippen molar-refractivity contribution in [3.05, 3.63) is 39.4 Å². The van der Waals surface area contributed by atoms with Gasteiger partial charge in [-0.05, 0) is 0 Å². The first-order valence-electron chi connectivity index (χ1n) is 6.78. The molecule has 3 atom stereocenters. The first kappa shape index (κ1) is 17.0. The third-order valence-corrected chi connectivity index (χ3v) is 5.08. The van der Waals surface area contributed by atoms with E-state index in [0.29, 0.717) is 6.07 Å². The van der Waals surface area contributed by atoms with Crippen LogP contribution in [0, 0.1) is 27.7 Å². The molecule has 130 valence electrons. The lowest BCUT2D eigenvalue weighted by Crippen LogP contribution is -2.44. The number of rotatable bonds is 3. The number of nitrogens with two attached hydrogens (primary N) is 1. The van der Waals surface area contributed by atoms with Crippen molar-refractivity contribution in [1.82, 2.24) is 0 Å². The lowest BCUT2D eigenvalue weighted by molar-refractivity contribution is -0.385. The number of amidine groups is 1. The van der Waals surface area contributed by atoms with Gasteiger partial charge in [0.25, 0.3) is 12.1 Å². The van der Waals surface area contributed by atoms with Crippen molar-refractivity contribution < 1.29 is 27.2 Å². The monoisotopic (exact) mass is 365 g/mol. The van der Waals surface area contributed by atoms with E-state index >= 15 is 0 Å². The maximum Gasteiger partial charge on any atom is 0.272 e. The second-order valence-corrected chi connectivity index (χ2v) is 6.49. The fourth-order valence-electron chi connectivity index (χ4n) is 3.05. The number of ether oxygens (including phenoxy) is 1. The summed E-state index contributed by atoms with van der Waals surface area (Å²) < 4.78 is 59.6. The molecule has 1 fully saturated rings. The third kappa shape index (κ3) is 2.51. The molecule has 2 heterocycles. The molecule has 0 radical (unpaired) electrons. The van der Waals surface area contributed by atoms with Gasteiger partial charge < -0.3 is 10.5 Å². The van der Waals surface area contributed by atoms with Crippen molar-refractivity contribution in [2.24, 2.45) is 16.6 Å². The highest BCUT2D eigenvalue weighted by molar-refractivity contribution is 8.13. The average molecular weight is 365 g/mol. The smallest absolute Gasteiger partial charge is 0.272 e. The van der Waals surface area contributed by atoms with Crippen LogP contribution < -0.4 is 5.73 Å².